The lowest BCUT2D eigenvalue weighted by atomic mass is 9.80. The van der Waals surface area contributed by atoms with Crippen LogP contribution in [0.4, 0.5) is 0 Å². The Hall–Kier alpha value is -4.97. The largest absolute Gasteiger partial charge is 0.488 e. The second-order valence-electron chi connectivity index (χ2n) is 22.8. The van der Waals surface area contributed by atoms with Crippen molar-refractivity contribution in [2.45, 2.75) is 216 Å². The number of benzene rings is 1. The SMILES string of the molecule is CC[C@H](C)C[C@H](C)CCCCCCCCC(=O)N[C@H]1C[C@@H](O)C(SCCN(CC)CC)NC(=O)[C@@H]2[C@@H](O)CCN2C(=O)[C@H]([C@H](O)CC(N)=O)NC(=O)[C@H]([C@H](O)Cc2ccc(B(O)O)cc2)NC(=O)[C@@H]2C[C@@H](O)CN2C(=O)[C@H]([C@@H](C)O)NC1=O. The molecule has 0 aliphatic carbocycles. The molecule has 3 aliphatic rings. The van der Waals surface area contributed by atoms with E-state index in [0.29, 0.717) is 49.9 Å². The minimum Gasteiger partial charge on any atom is -0.423 e. The number of aliphatic hydroxyl groups excluding tert-OH is 6. The monoisotopic (exact) mass is 1190 g/mol. The Morgan fingerprint density at radius 1 is 0.747 bits per heavy atom. The number of hydrogen-bond donors (Lipinski definition) is 14. The van der Waals surface area contributed by atoms with Crippen LogP contribution in [0.5, 0.6) is 0 Å². The standard InChI is InChI=1S/C56H94BN9O16S/c1-7-32(4)26-33(5)16-14-12-10-11-13-15-17-45(74)59-38-29-43(72)54(83-25-24-64(8-2)9-3)63-53(78)49-40(69)22-23-65(49)56(80)48(42(71)30-44(58)73)62-52(77)47(41(70)27-35-18-20-36(21-19-35)57(81)82)61-51(76)39-28-37(68)31-66(39)55(79)46(34(6)67)60-50(38)75/h18-21,32-34,37-43,46-49,54,67-72,81-82H,7-17,22-31H2,1-6H3,(H2,58,73)(H,59,74)(H,60,75)(H,61,76)(H,62,77)(H,63,78)/t32-,33+,34+,37+,38-,39-,40-,41+,42+,43+,46-,47-,48-,49-,54?/m0/s1. The Balaban J connectivity index is 1.78. The van der Waals surface area contributed by atoms with E-state index in [0.717, 1.165) is 60.1 Å². The van der Waals surface area contributed by atoms with Gasteiger partial charge in [-0.1, -0.05) is 104 Å². The van der Waals surface area contributed by atoms with Crippen LogP contribution < -0.4 is 37.8 Å². The van der Waals surface area contributed by atoms with E-state index in [9.17, 15) is 79.0 Å². The Morgan fingerprint density at radius 2 is 1.36 bits per heavy atom. The fraction of sp³-hybridized carbons (Fsp3) is 0.750. The van der Waals surface area contributed by atoms with Crippen LogP contribution in [0, 0.1) is 11.8 Å². The number of amides is 8. The second-order valence-corrected chi connectivity index (χ2v) is 24.1. The van der Waals surface area contributed by atoms with Gasteiger partial charge < -0.3 is 87.7 Å². The van der Waals surface area contributed by atoms with Crippen molar-refractivity contribution in [3.05, 3.63) is 29.8 Å². The average Bonchev–Trinajstić information content (AvgIpc) is 4.16. The number of nitrogens with one attached hydrogen (secondary N) is 5. The van der Waals surface area contributed by atoms with Gasteiger partial charge in [-0.2, -0.15) is 0 Å². The number of aliphatic hydroxyl groups is 6. The summed E-state index contributed by atoms with van der Waals surface area (Å²) < 4.78 is 0. The molecule has 4 rings (SSSR count). The zero-order chi connectivity index (χ0) is 61.7. The van der Waals surface area contributed by atoms with Crippen LogP contribution >= 0.6 is 11.8 Å². The van der Waals surface area contributed by atoms with Crippen LogP contribution in [0.1, 0.15) is 137 Å². The number of nitrogens with zero attached hydrogens (tertiary/aromatic N) is 3. The Morgan fingerprint density at radius 3 is 1.98 bits per heavy atom. The fourth-order valence-electron chi connectivity index (χ4n) is 10.9. The number of carbonyl (C=O) groups excluding carboxylic acids is 8. The number of hydrogen-bond acceptors (Lipinski definition) is 18. The summed E-state index contributed by atoms with van der Waals surface area (Å²) in [5.41, 5.74) is 5.81. The van der Waals surface area contributed by atoms with E-state index in [-0.39, 0.29) is 30.6 Å². The van der Waals surface area contributed by atoms with Gasteiger partial charge >= 0.3 is 7.12 Å². The van der Waals surface area contributed by atoms with E-state index in [4.69, 9.17) is 5.73 Å². The van der Waals surface area contributed by atoms with Crippen molar-refractivity contribution in [3.63, 3.8) is 0 Å². The molecule has 3 heterocycles. The van der Waals surface area contributed by atoms with Crippen LogP contribution in [0.15, 0.2) is 24.3 Å². The molecule has 25 nitrogen and oxygen atoms in total. The van der Waals surface area contributed by atoms with Crippen molar-refractivity contribution in [3.8, 4) is 0 Å². The highest BCUT2D eigenvalue weighted by atomic mass is 32.2. The summed E-state index contributed by atoms with van der Waals surface area (Å²) in [5, 5.41) is 99.5. The summed E-state index contributed by atoms with van der Waals surface area (Å²) in [6.07, 6.45) is -4.32. The summed E-state index contributed by atoms with van der Waals surface area (Å²) in [7, 11) is -1.85. The van der Waals surface area contributed by atoms with E-state index in [1.54, 1.807) is 0 Å². The van der Waals surface area contributed by atoms with E-state index < -0.39 is 165 Å². The molecule has 468 valence electrons. The van der Waals surface area contributed by atoms with E-state index in [1.165, 1.54) is 37.6 Å². The summed E-state index contributed by atoms with van der Waals surface area (Å²) in [6.45, 7) is 12.7. The third-order valence-electron chi connectivity index (χ3n) is 16.1. The van der Waals surface area contributed by atoms with Crippen LogP contribution in [-0.4, -0.2) is 226 Å². The Labute approximate surface area is 492 Å². The predicted octanol–water partition coefficient (Wildman–Crippen LogP) is -2.78. The minimum absolute atomic E-state index is 0.0163. The lowest BCUT2D eigenvalue weighted by Gasteiger charge is -2.34. The third kappa shape index (κ3) is 21.8. The van der Waals surface area contributed by atoms with E-state index in [2.05, 4.69) is 52.3 Å². The van der Waals surface area contributed by atoms with E-state index >= 15 is 0 Å². The van der Waals surface area contributed by atoms with Gasteiger partial charge in [0, 0.05) is 51.1 Å². The zero-order valence-electron chi connectivity index (χ0n) is 49.1. The minimum atomic E-state index is -2.15. The molecule has 1 unspecified atom stereocenters. The van der Waals surface area contributed by atoms with Crippen molar-refractivity contribution in [2.24, 2.45) is 17.6 Å². The molecule has 27 heteroatoms. The van der Waals surface area contributed by atoms with Crippen LogP contribution in [-0.2, 0) is 44.8 Å². The summed E-state index contributed by atoms with van der Waals surface area (Å²) in [5.74, 6) is -6.95. The summed E-state index contributed by atoms with van der Waals surface area (Å²) >= 11 is 1.06. The van der Waals surface area contributed by atoms with Gasteiger partial charge in [0.25, 0.3) is 0 Å². The summed E-state index contributed by atoms with van der Waals surface area (Å²) in [6, 6.07) is -5.71. The van der Waals surface area contributed by atoms with Crippen molar-refractivity contribution in [1.29, 1.82) is 0 Å². The third-order valence-corrected chi connectivity index (χ3v) is 17.3. The molecule has 1 aromatic rings. The van der Waals surface area contributed by atoms with Gasteiger partial charge in [0.05, 0.1) is 43.0 Å². The molecule has 3 saturated heterocycles. The van der Waals surface area contributed by atoms with Crippen molar-refractivity contribution < 1.29 is 79.0 Å². The lowest BCUT2D eigenvalue weighted by molar-refractivity contribution is -0.147. The fourth-order valence-corrected chi connectivity index (χ4v) is 12.1. The van der Waals surface area contributed by atoms with Crippen LogP contribution in [0.3, 0.4) is 0 Å². The molecule has 15 atom stereocenters. The second kappa shape index (κ2) is 34.9. The Kier molecular flexibility index (Phi) is 29.6. The molecular weight excluding hydrogens is 1100 g/mol. The first kappa shape index (κ1) is 70.5. The molecule has 3 fully saturated rings. The highest BCUT2D eigenvalue weighted by Crippen LogP contribution is 2.26. The molecule has 3 aliphatic heterocycles. The summed E-state index contributed by atoms with van der Waals surface area (Å²) in [4.78, 5) is 118. The lowest BCUT2D eigenvalue weighted by Crippen LogP contribution is -2.64. The first-order valence-electron chi connectivity index (χ1n) is 29.6. The van der Waals surface area contributed by atoms with Crippen molar-refractivity contribution >= 4 is 71.6 Å². The Bertz CT molecular complexity index is 2270. The molecule has 1 aromatic carbocycles. The molecule has 0 radical (unpaired) electrons. The number of primary amides is 1. The molecule has 8 amide bonds. The maximum Gasteiger partial charge on any atom is 0.488 e. The number of unbranched alkanes of at least 4 members (excludes halogenated alkanes) is 5. The maximum atomic E-state index is 14.8. The van der Waals surface area contributed by atoms with Gasteiger partial charge in [-0.25, -0.2) is 0 Å². The topological polar surface area (TPSA) is 394 Å². The first-order chi connectivity index (χ1) is 39.3. The molecule has 0 spiro atoms. The quantitative estimate of drug-likeness (QED) is 0.0313. The van der Waals surface area contributed by atoms with Gasteiger partial charge in [0.2, 0.25) is 47.3 Å². The highest BCUT2D eigenvalue weighted by molar-refractivity contribution is 7.99. The molecular formula is C56H94BN9O16S. The van der Waals surface area contributed by atoms with Crippen LogP contribution in [0.25, 0.3) is 0 Å². The number of nitrogens with two attached hydrogens (primary N) is 1. The predicted molar refractivity (Wildman–Crippen MR) is 310 cm³/mol. The van der Waals surface area contributed by atoms with Gasteiger partial charge in [-0.15, -0.1) is 11.8 Å². The van der Waals surface area contributed by atoms with E-state index in [1.807, 2.05) is 13.8 Å². The van der Waals surface area contributed by atoms with Gasteiger partial charge in [0.15, 0.2) is 0 Å². The number of rotatable bonds is 27. The molecule has 0 aromatic heterocycles. The van der Waals surface area contributed by atoms with Crippen LogP contribution in [0.2, 0.25) is 0 Å². The zero-order valence-corrected chi connectivity index (χ0v) is 49.9. The normalized spacial score (nSPS) is 27.0. The van der Waals surface area contributed by atoms with Gasteiger partial charge in [0.1, 0.15) is 41.6 Å². The first-order valence-corrected chi connectivity index (χ1v) is 30.6. The molecule has 0 saturated carbocycles. The molecule has 0 bridgehead atoms. The van der Waals surface area contributed by atoms with Crippen molar-refractivity contribution in [1.82, 2.24) is 41.3 Å². The number of fused-ring (bicyclic) bond motifs is 2. The number of carbonyl (C=O) groups is 8. The molecule has 15 N–H and O–H groups in total. The smallest absolute Gasteiger partial charge is 0.423 e. The highest BCUT2D eigenvalue weighted by Gasteiger charge is 2.48. The van der Waals surface area contributed by atoms with Gasteiger partial charge in [-0.3, -0.25) is 38.4 Å². The van der Waals surface area contributed by atoms with Gasteiger partial charge in [-0.05, 0) is 62.1 Å². The number of thioether (sulfide) groups is 1. The molecule has 83 heavy (non-hydrogen) atoms. The van der Waals surface area contributed by atoms with Crippen molar-refractivity contribution in [2.75, 3.05) is 38.5 Å². The maximum absolute atomic E-state index is 14.8. The average molecular weight is 1190 g/mol.